The molecule has 0 saturated carbocycles. The number of aliphatic hydroxyl groups is 1. The smallest absolute Gasteiger partial charge is 0.308 e. The van der Waals surface area contributed by atoms with Crippen LogP contribution in [0.5, 0.6) is 28.7 Å². The number of rotatable bonds is 30. The number of nitrogens with zero attached hydrogens (tertiary/aromatic N) is 2. The van der Waals surface area contributed by atoms with Crippen LogP contribution in [0, 0.1) is 23.8 Å². The van der Waals surface area contributed by atoms with E-state index in [0.717, 1.165) is 36.3 Å². The van der Waals surface area contributed by atoms with Gasteiger partial charge in [0.05, 0.1) is 68.7 Å². The number of pyridine rings is 1. The van der Waals surface area contributed by atoms with Crippen molar-refractivity contribution in [3.63, 3.8) is 0 Å². The SMILES string of the molecule is C#C[C@](O)(CC#C[Si](CC)(CC)CC)[C@@H](COC(=O)C[C@@H](NC(=O)c1cc2c(OC)c(OC)c(OC(C)C)cc2cc1OCC=C)c1ccc(OCC=C)c(Cl)n1)O[C@H]1C[C@H](O[Si](CC)(CC)CC)[C@H](N(C)C)[C@H](C)O1. The zero-order valence-electron chi connectivity index (χ0n) is 47.3. The third kappa shape index (κ3) is 16.0. The Kier molecular flexibility index (Phi) is 24.7. The fourth-order valence-corrected chi connectivity index (χ4v) is 15.3. The van der Waals surface area contributed by atoms with Gasteiger partial charge < -0.3 is 57.6 Å². The third-order valence-electron chi connectivity index (χ3n) is 14.5. The first kappa shape index (κ1) is 63.4. The van der Waals surface area contributed by atoms with Gasteiger partial charge in [0.15, 0.2) is 42.6 Å². The van der Waals surface area contributed by atoms with Gasteiger partial charge >= 0.3 is 5.97 Å². The Labute approximate surface area is 459 Å². The summed E-state index contributed by atoms with van der Waals surface area (Å²) in [5.74, 6) is 5.95. The maximum absolute atomic E-state index is 14.8. The Balaban J connectivity index is 1.79. The molecule has 1 aromatic heterocycles. The van der Waals surface area contributed by atoms with Crippen LogP contribution in [0.4, 0.5) is 0 Å². The molecule has 0 bridgehead atoms. The Morgan fingerprint density at radius 1 is 0.961 bits per heavy atom. The second kappa shape index (κ2) is 29.6. The molecule has 4 rings (SSSR count). The summed E-state index contributed by atoms with van der Waals surface area (Å²) >= 11 is 6.66. The van der Waals surface area contributed by atoms with Gasteiger partial charge in [-0.1, -0.05) is 84.4 Å². The van der Waals surface area contributed by atoms with Crippen molar-refractivity contribution in [2.24, 2.45) is 0 Å². The predicted molar refractivity (Wildman–Crippen MR) is 306 cm³/mol. The number of halogens is 1. The summed E-state index contributed by atoms with van der Waals surface area (Å²) in [4.78, 5) is 35.9. The van der Waals surface area contributed by atoms with Crippen LogP contribution in [0.1, 0.15) is 104 Å². The van der Waals surface area contributed by atoms with Crippen LogP contribution in [-0.2, 0) is 23.4 Å². The number of carbonyl (C=O) groups excluding carboxylic acids is 2. The fraction of sp³-hybridized carbons (Fsp3) is 0.569. The summed E-state index contributed by atoms with van der Waals surface area (Å²) in [6.45, 7) is 26.0. The first-order valence-electron chi connectivity index (χ1n) is 26.6. The number of hydrogen-bond acceptors (Lipinski definition) is 14. The fourth-order valence-electron chi connectivity index (χ4n) is 9.68. The maximum Gasteiger partial charge on any atom is 0.308 e. The number of hydrogen-bond donors (Lipinski definition) is 2. The molecule has 0 radical (unpaired) electrons. The first-order valence-corrected chi connectivity index (χ1v) is 32.1. The highest BCUT2D eigenvalue weighted by Crippen LogP contribution is 2.46. The molecule has 1 fully saturated rings. The maximum atomic E-state index is 14.8. The van der Waals surface area contributed by atoms with Crippen molar-refractivity contribution >= 4 is 50.6 Å². The molecule has 2 heterocycles. The number of ether oxygens (including phenoxy) is 8. The standard InChI is InChI=1S/C58H84ClN3O12Si2/c1-17-30-68-46-28-27-44(60-56(46)59)45(61-57(64)43-35-42-41(33-47(43)69-31-18-2)34-49(71-39(10)11)55(67-16)54(42)66-15)36-51(63)70-38-50(58(65,19-3)29-26-32-75(20-4,21-5)22-6)73-52-37-48(53(62(13)14)40(12)72-52)74-76(23-7,24-8)25-9/h3,17-18,27-28,33-35,39-40,45,48,50,52-53,65H,1-2,20-25,29-31,36-38H2,4-16H3,(H,61,64)/t40-,45+,48-,50+,52-,53+,58-/m0/s1. The summed E-state index contributed by atoms with van der Waals surface area (Å²) < 4.78 is 56.0. The van der Waals surface area contributed by atoms with Crippen molar-refractivity contribution in [3.05, 3.63) is 72.1 Å². The van der Waals surface area contributed by atoms with Gasteiger partial charge in [-0.2, -0.15) is 0 Å². The molecule has 2 aromatic carbocycles. The topological polar surface area (TPSA) is 166 Å². The van der Waals surface area contributed by atoms with Crippen LogP contribution in [0.3, 0.4) is 0 Å². The number of fused-ring (bicyclic) bond motifs is 1. The molecule has 1 saturated heterocycles. The van der Waals surface area contributed by atoms with Gasteiger partial charge in [0.1, 0.15) is 39.7 Å². The molecule has 0 aliphatic carbocycles. The summed E-state index contributed by atoms with van der Waals surface area (Å²) in [5.41, 5.74) is 1.81. The third-order valence-corrected chi connectivity index (χ3v) is 24.2. The quantitative estimate of drug-likeness (QED) is 0.0213. The average Bonchev–Trinajstić information content (AvgIpc) is 3.41. The second-order valence-electron chi connectivity index (χ2n) is 19.7. The van der Waals surface area contributed by atoms with E-state index in [9.17, 15) is 14.7 Å². The van der Waals surface area contributed by atoms with Crippen LogP contribution in [0.25, 0.3) is 10.8 Å². The molecule has 7 atom stereocenters. The van der Waals surface area contributed by atoms with E-state index >= 15 is 0 Å². The molecule has 76 heavy (non-hydrogen) atoms. The number of aromatic nitrogens is 1. The van der Waals surface area contributed by atoms with Crippen molar-refractivity contribution in [1.29, 1.82) is 0 Å². The molecule has 1 amide bonds. The van der Waals surface area contributed by atoms with E-state index in [-0.39, 0.29) is 71.9 Å². The van der Waals surface area contributed by atoms with E-state index in [1.807, 2.05) is 34.9 Å². The van der Waals surface area contributed by atoms with Crippen molar-refractivity contribution in [1.82, 2.24) is 15.2 Å². The molecular formula is C58H84ClN3O12Si2. The molecule has 15 nitrogen and oxygen atoms in total. The number of nitrogens with one attached hydrogen (secondary N) is 1. The number of terminal acetylenes is 1. The van der Waals surface area contributed by atoms with E-state index in [0.29, 0.717) is 34.4 Å². The lowest BCUT2D eigenvalue weighted by atomic mass is 9.93. The van der Waals surface area contributed by atoms with Gasteiger partial charge in [-0.3, -0.25) is 9.59 Å². The Morgan fingerprint density at radius 2 is 1.58 bits per heavy atom. The lowest BCUT2D eigenvalue weighted by Crippen LogP contribution is -2.59. The summed E-state index contributed by atoms with van der Waals surface area (Å²) in [6.07, 6.45) is 6.08. The van der Waals surface area contributed by atoms with Gasteiger partial charge in [0.2, 0.25) is 5.75 Å². The average molecular weight is 1110 g/mol. The second-order valence-corrected chi connectivity index (χ2v) is 29.7. The number of amides is 1. The number of esters is 1. The number of likely N-dealkylation sites (N-methyl/N-ethyl adjacent to an activating group) is 1. The van der Waals surface area contributed by atoms with Crippen molar-refractivity contribution in [3.8, 4) is 52.6 Å². The highest BCUT2D eigenvalue weighted by atomic mass is 35.5. The van der Waals surface area contributed by atoms with Crippen LogP contribution in [0.2, 0.25) is 41.4 Å². The normalized spacial score (nSPS) is 18.3. The minimum Gasteiger partial charge on any atom is -0.492 e. The Bertz CT molecular complexity index is 2520. The first-order chi connectivity index (χ1) is 36.2. The van der Waals surface area contributed by atoms with E-state index in [1.165, 1.54) is 14.2 Å². The largest absolute Gasteiger partial charge is 0.492 e. The Hall–Kier alpha value is -5.09. The summed E-state index contributed by atoms with van der Waals surface area (Å²) in [7, 11) is 2.93. The highest BCUT2D eigenvalue weighted by molar-refractivity contribution is 6.87. The van der Waals surface area contributed by atoms with Gasteiger partial charge in [0, 0.05) is 11.8 Å². The van der Waals surface area contributed by atoms with Crippen LogP contribution < -0.4 is 29.0 Å². The van der Waals surface area contributed by atoms with E-state index in [1.54, 1.807) is 42.5 Å². The highest BCUT2D eigenvalue weighted by Gasteiger charge is 2.46. The molecule has 2 N–H and O–H groups in total. The molecule has 18 heteroatoms. The van der Waals surface area contributed by atoms with Crippen molar-refractivity contribution < 1.29 is 57.0 Å². The van der Waals surface area contributed by atoms with E-state index < -0.39 is 65.3 Å². The van der Waals surface area contributed by atoms with Crippen LogP contribution in [-0.4, -0.2) is 134 Å². The number of carbonyl (C=O) groups is 2. The van der Waals surface area contributed by atoms with Crippen molar-refractivity contribution in [2.45, 2.75) is 166 Å². The Morgan fingerprint density at radius 3 is 2.12 bits per heavy atom. The molecular weight excluding hydrogens is 1020 g/mol. The molecule has 3 aromatic rings. The van der Waals surface area contributed by atoms with E-state index in [2.05, 4.69) is 87.3 Å². The predicted octanol–water partition coefficient (Wildman–Crippen LogP) is 10.9. The van der Waals surface area contributed by atoms with Gasteiger partial charge in [-0.15, -0.1) is 17.9 Å². The molecule has 0 spiro atoms. The lowest BCUT2D eigenvalue weighted by Gasteiger charge is -2.47. The monoisotopic (exact) mass is 1110 g/mol. The van der Waals surface area contributed by atoms with Gasteiger partial charge in [-0.05, 0) is 107 Å². The molecule has 1 aliphatic rings. The molecule has 0 unspecified atom stereocenters. The zero-order chi connectivity index (χ0) is 56.4. The summed E-state index contributed by atoms with van der Waals surface area (Å²) in [5, 5.41) is 16.6. The number of methoxy groups -OCH3 is 2. The lowest BCUT2D eigenvalue weighted by molar-refractivity contribution is -0.267. The van der Waals surface area contributed by atoms with E-state index in [4.69, 9.17) is 60.3 Å². The summed E-state index contributed by atoms with van der Waals surface area (Å²) in [6, 6.07) is 12.7. The number of benzene rings is 2. The zero-order valence-corrected chi connectivity index (χ0v) is 50.0. The van der Waals surface area contributed by atoms with Gasteiger partial charge in [0.25, 0.3) is 5.91 Å². The minimum atomic E-state index is -2.12. The molecule has 1 aliphatic heterocycles. The van der Waals surface area contributed by atoms with Crippen LogP contribution in [0.15, 0.2) is 55.6 Å². The van der Waals surface area contributed by atoms with Crippen LogP contribution >= 0.6 is 11.6 Å². The minimum absolute atomic E-state index is 0.0175. The molecule has 418 valence electrons. The van der Waals surface area contributed by atoms with Crippen molar-refractivity contribution in [2.75, 3.05) is 48.1 Å². The van der Waals surface area contributed by atoms with Gasteiger partial charge in [-0.25, -0.2) is 4.98 Å².